The topological polar surface area (TPSA) is 27.5 Å². The normalized spacial score (nSPS) is 24.1. The standard InChI is InChI=1S/C18H33N5/c1-4-23-15-17(13-19-23)14-21-7-5-18(6-8-21)16(2)22-11-9-20(3)10-12-22/h13,15-16,18H,4-12,14H2,1-3H3. The summed E-state index contributed by atoms with van der Waals surface area (Å²) < 4.78 is 2.03. The molecule has 1 unspecified atom stereocenters. The Morgan fingerprint density at radius 2 is 1.83 bits per heavy atom. The molecule has 2 saturated heterocycles. The van der Waals surface area contributed by atoms with E-state index in [1.807, 2.05) is 10.9 Å². The number of hydrogen-bond acceptors (Lipinski definition) is 4. The van der Waals surface area contributed by atoms with E-state index in [4.69, 9.17) is 0 Å². The Balaban J connectivity index is 1.44. The van der Waals surface area contributed by atoms with E-state index in [-0.39, 0.29) is 0 Å². The lowest BCUT2D eigenvalue weighted by atomic mass is 9.89. The van der Waals surface area contributed by atoms with Gasteiger partial charge in [-0.25, -0.2) is 0 Å². The number of piperidine rings is 1. The summed E-state index contributed by atoms with van der Waals surface area (Å²) in [5.74, 6) is 0.869. The molecule has 2 fully saturated rings. The minimum Gasteiger partial charge on any atom is -0.304 e. The zero-order valence-corrected chi connectivity index (χ0v) is 15.1. The van der Waals surface area contributed by atoms with Gasteiger partial charge in [0.25, 0.3) is 0 Å². The highest BCUT2D eigenvalue weighted by atomic mass is 15.3. The highest BCUT2D eigenvalue weighted by molar-refractivity contribution is 5.04. The first-order valence-electron chi connectivity index (χ1n) is 9.32. The van der Waals surface area contributed by atoms with Gasteiger partial charge >= 0.3 is 0 Å². The second-order valence-corrected chi connectivity index (χ2v) is 7.40. The van der Waals surface area contributed by atoms with Crippen molar-refractivity contribution in [1.82, 2.24) is 24.5 Å². The monoisotopic (exact) mass is 319 g/mol. The van der Waals surface area contributed by atoms with Gasteiger partial charge in [0.05, 0.1) is 6.20 Å². The fraction of sp³-hybridized carbons (Fsp3) is 0.833. The maximum Gasteiger partial charge on any atom is 0.0534 e. The molecular formula is C18H33N5. The number of nitrogens with zero attached hydrogens (tertiary/aromatic N) is 5. The highest BCUT2D eigenvalue weighted by Gasteiger charge is 2.29. The first kappa shape index (κ1) is 16.9. The molecule has 23 heavy (non-hydrogen) atoms. The fourth-order valence-electron chi connectivity index (χ4n) is 4.04. The first-order valence-corrected chi connectivity index (χ1v) is 9.32. The molecule has 0 aromatic carbocycles. The smallest absolute Gasteiger partial charge is 0.0534 e. The molecule has 0 spiro atoms. The van der Waals surface area contributed by atoms with Gasteiger partial charge in [0, 0.05) is 57.1 Å². The van der Waals surface area contributed by atoms with Crippen molar-refractivity contribution in [3.05, 3.63) is 18.0 Å². The molecule has 0 N–H and O–H groups in total. The summed E-state index contributed by atoms with van der Waals surface area (Å²) in [6.07, 6.45) is 6.91. The molecule has 5 heteroatoms. The third kappa shape index (κ3) is 4.34. The van der Waals surface area contributed by atoms with Crippen LogP contribution < -0.4 is 0 Å². The molecule has 0 bridgehead atoms. The lowest BCUT2D eigenvalue weighted by molar-refractivity contribution is 0.0598. The summed E-state index contributed by atoms with van der Waals surface area (Å²) in [5, 5.41) is 4.39. The van der Waals surface area contributed by atoms with Crippen LogP contribution in [0.4, 0.5) is 0 Å². The van der Waals surface area contributed by atoms with Crippen LogP contribution in [0.25, 0.3) is 0 Å². The number of piperazine rings is 1. The van der Waals surface area contributed by atoms with Crippen LogP contribution in [0.5, 0.6) is 0 Å². The first-order chi connectivity index (χ1) is 11.2. The van der Waals surface area contributed by atoms with Crippen molar-refractivity contribution in [2.24, 2.45) is 5.92 Å². The minimum atomic E-state index is 0.744. The number of aromatic nitrogens is 2. The molecule has 1 atom stereocenters. The fourth-order valence-corrected chi connectivity index (χ4v) is 4.04. The van der Waals surface area contributed by atoms with Crippen molar-refractivity contribution in [1.29, 1.82) is 0 Å². The predicted octanol–water partition coefficient (Wildman–Crippen LogP) is 1.75. The average molecular weight is 319 g/mol. The summed E-state index contributed by atoms with van der Waals surface area (Å²) >= 11 is 0. The zero-order valence-electron chi connectivity index (χ0n) is 15.1. The van der Waals surface area contributed by atoms with Crippen molar-refractivity contribution in [3.8, 4) is 0 Å². The maximum absolute atomic E-state index is 4.39. The summed E-state index contributed by atoms with van der Waals surface area (Å²) in [7, 11) is 2.24. The number of likely N-dealkylation sites (tertiary alicyclic amines) is 1. The Kier molecular flexibility index (Phi) is 5.72. The Bertz CT molecular complexity index is 470. The highest BCUT2D eigenvalue weighted by Crippen LogP contribution is 2.25. The summed E-state index contributed by atoms with van der Waals surface area (Å²) in [5.41, 5.74) is 1.36. The van der Waals surface area contributed by atoms with Gasteiger partial charge in [0.15, 0.2) is 0 Å². The Labute approximate surface area is 141 Å². The molecule has 3 heterocycles. The molecule has 5 nitrogen and oxygen atoms in total. The molecule has 0 saturated carbocycles. The van der Waals surface area contributed by atoms with Gasteiger partial charge in [-0.2, -0.15) is 5.10 Å². The largest absolute Gasteiger partial charge is 0.304 e. The van der Waals surface area contributed by atoms with Gasteiger partial charge < -0.3 is 4.90 Å². The lowest BCUT2D eigenvalue weighted by Gasteiger charge is -2.42. The van der Waals surface area contributed by atoms with Crippen molar-refractivity contribution in [3.63, 3.8) is 0 Å². The van der Waals surface area contributed by atoms with E-state index >= 15 is 0 Å². The number of hydrogen-bond donors (Lipinski definition) is 0. The van der Waals surface area contributed by atoms with Crippen molar-refractivity contribution in [2.75, 3.05) is 46.3 Å². The Hall–Kier alpha value is -0.910. The number of rotatable bonds is 5. The van der Waals surface area contributed by atoms with E-state index in [0.29, 0.717) is 0 Å². The van der Waals surface area contributed by atoms with Crippen LogP contribution in [-0.4, -0.2) is 76.8 Å². The van der Waals surface area contributed by atoms with E-state index in [2.05, 4.69) is 46.9 Å². The van der Waals surface area contributed by atoms with Gasteiger partial charge in [-0.1, -0.05) is 0 Å². The number of aryl methyl sites for hydroxylation is 1. The summed E-state index contributed by atoms with van der Waals surface area (Å²) in [6, 6.07) is 0.744. The second kappa shape index (κ2) is 7.77. The van der Waals surface area contributed by atoms with Gasteiger partial charge in [0.2, 0.25) is 0 Å². The maximum atomic E-state index is 4.39. The van der Waals surface area contributed by atoms with E-state index in [1.165, 1.54) is 57.7 Å². The summed E-state index contributed by atoms with van der Waals surface area (Å²) in [6.45, 7) is 14.0. The molecule has 1 aromatic rings. The van der Waals surface area contributed by atoms with Crippen LogP contribution in [0.1, 0.15) is 32.3 Å². The molecule has 0 amide bonds. The van der Waals surface area contributed by atoms with Crippen LogP contribution in [0, 0.1) is 5.92 Å². The average Bonchev–Trinajstić information content (AvgIpc) is 3.03. The molecule has 2 aliphatic heterocycles. The molecule has 0 radical (unpaired) electrons. The quantitative estimate of drug-likeness (QED) is 0.826. The van der Waals surface area contributed by atoms with E-state index in [0.717, 1.165) is 25.0 Å². The van der Waals surface area contributed by atoms with Crippen LogP contribution in [0.15, 0.2) is 12.4 Å². The van der Waals surface area contributed by atoms with Gasteiger partial charge in [0.1, 0.15) is 0 Å². The Morgan fingerprint density at radius 3 is 2.43 bits per heavy atom. The molecule has 2 aliphatic rings. The molecular weight excluding hydrogens is 286 g/mol. The third-order valence-corrected chi connectivity index (χ3v) is 5.85. The van der Waals surface area contributed by atoms with Crippen molar-refractivity contribution in [2.45, 2.75) is 45.8 Å². The third-order valence-electron chi connectivity index (χ3n) is 5.85. The van der Waals surface area contributed by atoms with Crippen LogP contribution in [0.3, 0.4) is 0 Å². The molecule has 3 rings (SSSR count). The van der Waals surface area contributed by atoms with Crippen LogP contribution >= 0.6 is 0 Å². The van der Waals surface area contributed by atoms with Crippen molar-refractivity contribution >= 4 is 0 Å². The van der Waals surface area contributed by atoms with E-state index in [1.54, 1.807) is 0 Å². The molecule has 1 aromatic heterocycles. The number of likely N-dealkylation sites (N-methyl/N-ethyl adjacent to an activating group) is 1. The van der Waals surface area contributed by atoms with E-state index < -0.39 is 0 Å². The molecule has 0 aliphatic carbocycles. The van der Waals surface area contributed by atoms with Crippen LogP contribution in [-0.2, 0) is 13.1 Å². The summed E-state index contributed by atoms with van der Waals surface area (Å²) in [4.78, 5) is 7.76. The van der Waals surface area contributed by atoms with E-state index in [9.17, 15) is 0 Å². The lowest BCUT2D eigenvalue weighted by Crippen LogP contribution is -2.51. The van der Waals surface area contributed by atoms with Crippen LogP contribution in [0.2, 0.25) is 0 Å². The van der Waals surface area contributed by atoms with Gasteiger partial charge in [-0.05, 0) is 52.7 Å². The zero-order chi connectivity index (χ0) is 16.2. The SMILES string of the molecule is CCn1cc(CN2CCC(C(C)N3CCN(C)CC3)CC2)cn1. The van der Waals surface area contributed by atoms with Gasteiger partial charge in [-0.15, -0.1) is 0 Å². The minimum absolute atomic E-state index is 0.744. The predicted molar refractivity (Wildman–Crippen MR) is 94.4 cm³/mol. The van der Waals surface area contributed by atoms with Gasteiger partial charge in [-0.3, -0.25) is 14.5 Å². The second-order valence-electron chi connectivity index (χ2n) is 7.40. The van der Waals surface area contributed by atoms with Crippen molar-refractivity contribution < 1.29 is 0 Å². The Morgan fingerprint density at radius 1 is 1.13 bits per heavy atom. The molecule has 130 valence electrons.